The van der Waals surface area contributed by atoms with Crippen molar-refractivity contribution in [3.63, 3.8) is 0 Å². The lowest BCUT2D eigenvalue weighted by atomic mass is 10.1. The van der Waals surface area contributed by atoms with Crippen molar-refractivity contribution in [1.82, 2.24) is 5.32 Å². The molecule has 3 heteroatoms. The second-order valence-electron chi connectivity index (χ2n) is 4.10. The summed E-state index contributed by atoms with van der Waals surface area (Å²) in [6.45, 7) is 10.4. The normalized spacial score (nSPS) is 10.6. The Kier molecular flexibility index (Phi) is 6.38. The van der Waals surface area contributed by atoms with Crippen molar-refractivity contribution in [2.24, 2.45) is 0 Å². The van der Waals surface area contributed by atoms with Crippen LogP contribution in [0.5, 0.6) is 0 Å². The van der Waals surface area contributed by atoms with Gasteiger partial charge in [-0.25, -0.2) is 0 Å². The Labute approximate surface area is 110 Å². The molecular weight excluding hydrogens is 232 g/mol. The molecule has 0 atom stereocenters. The average molecular weight is 255 g/mol. The molecule has 0 amide bonds. The summed E-state index contributed by atoms with van der Waals surface area (Å²) in [6, 6.07) is 6.17. The fraction of sp³-hybridized carbons (Fsp3) is 0.571. The molecule has 2 nitrogen and oxygen atoms in total. The lowest BCUT2D eigenvalue weighted by Gasteiger charge is -2.26. The third-order valence-corrected chi connectivity index (χ3v) is 3.22. The second-order valence-corrected chi connectivity index (χ2v) is 4.50. The zero-order chi connectivity index (χ0) is 12.7. The van der Waals surface area contributed by atoms with E-state index in [0.717, 1.165) is 37.6 Å². The van der Waals surface area contributed by atoms with Crippen LogP contribution in [0.4, 0.5) is 5.69 Å². The molecule has 0 saturated heterocycles. The zero-order valence-electron chi connectivity index (χ0n) is 11.1. The fourth-order valence-corrected chi connectivity index (χ4v) is 2.22. The molecule has 1 rings (SSSR count). The highest BCUT2D eigenvalue weighted by molar-refractivity contribution is 6.31. The van der Waals surface area contributed by atoms with Gasteiger partial charge in [-0.2, -0.15) is 0 Å². The molecular formula is C14H23ClN2. The molecule has 0 aliphatic rings. The van der Waals surface area contributed by atoms with Crippen LogP contribution in [0.25, 0.3) is 0 Å². The Morgan fingerprint density at radius 3 is 2.59 bits per heavy atom. The van der Waals surface area contributed by atoms with E-state index >= 15 is 0 Å². The molecule has 0 bridgehead atoms. The van der Waals surface area contributed by atoms with Crippen LogP contribution in [-0.4, -0.2) is 19.6 Å². The molecule has 1 aromatic rings. The lowest BCUT2D eigenvalue weighted by molar-refractivity contribution is 0.716. The van der Waals surface area contributed by atoms with E-state index in [-0.39, 0.29) is 0 Å². The van der Waals surface area contributed by atoms with Gasteiger partial charge < -0.3 is 10.2 Å². The Morgan fingerprint density at radius 1 is 1.24 bits per heavy atom. The zero-order valence-corrected chi connectivity index (χ0v) is 11.8. The third kappa shape index (κ3) is 3.90. The van der Waals surface area contributed by atoms with E-state index in [0.29, 0.717) is 0 Å². The van der Waals surface area contributed by atoms with E-state index in [9.17, 15) is 0 Å². The van der Waals surface area contributed by atoms with E-state index in [2.05, 4.69) is 37.1 Å². The van der Waals surface area contributed by atoms with Crippen LogP contribution in [-0.2, 0) is 6.54 Å². The maximum Gasteiger partial charge on any atom is 0.0471 e. The molecule has 1 aromatic carbocycles. The topological polar surface area (TPSA) is 15.3 Å². The molecule has 0 aliphatic carbocycles. The van der Waals surface area contributed by atoms with E-state index in [4.69, 9.17) is 11.6 Å². The number of benzene rings is 1. The molecule has 0 unspecified atom stereocenters. The molecule has 0 saturated carbocycles. The van der Waals surface area contributed by atoms with Gasteiger partial charge in [0.1, 0.15) is 0 Å². The molecule has 0 radical (unpaired) electrons. The number of nitrogens with one attached hydrogen (secondary N) is 1. The van der Waals surface area contributed by atoms with Gasteiger partial charge in [-0.05, 0) is 32.0 Å². The number of anilines is 1. The van der Waals surface area contributed by atoms with Crippen LogP contribution in [0, 0.1) is 0 Å². The molecule has 96 valence electrons. The summed E-state index contributed by atoms with van der Waals surface area (Å²) in [5.74, 6) is 0. The van der Waals surface area contributed by atoms with Crippen LogP contribution in [0.15, 0.2) is 18.2 Å². The summed E-state index contributed by atoms with van der Waals surface area (Å²) in [7, 11) is 0. The average Bonchev–Trinajstić information content (AvgIpc) is 2.34. The summed E-state index contributed by atoms with van der Waals surface area (Å²) in [5, 5.41) is 4.22. The third-order valence-electron chi connectivity index (χ3n) is 2.86. The predicted molar refractivity (Wildman–Crippen MR) is 77.0 cm³/mol. The molecule has 17 heavy (non-hydrogen) atoms. The van der Waals surface area contributed by atoms with Crippen LogP contribution in [0.2, 0.25) is 5.02 Å². The van der Waals surface area contributed by atoms with Crippen molar-refractivity contribution in [3.05, 3.63) is 28.8 Å². The number of halogens is 1. The van der Waals surface area contributed by atoms with E-state index in [1.165, 1.54) is 11.3 Å². The van der Waals surface area contributed by atoms with Crippen molar-refractivity contribution in [2.45, 2.75) is 33.7 Å². The standard InChI is InChI=1S/C14H23ClN2/c1-4-10-17(6-3)14-9-7-8-13(15)12(14)11-16-5-2/h7-9,16H,4-6,10-11H2,1-3H3. The molecule has 0 aliphatic heterocycles. The van der Waals surface area contributed by atoms with Gasteiger partial charge in [0, 0.05) is 35.9 Å². The molecule has 0 fully saturated rings. The number of nitrogens with zero attached hydrogens (tertiary/aromatic N) is 1. The summed E-state index contributed by atoms with van der Waals surface area (Å²) in [4.78, 5) is 2.39. The smallest absolute Gasteiger partial charge is 0.0471 e. The highest BCUT2D eigenvalue weighted by atomic mass is 35.5. The number of hydrogen-bond acceptors (Lipinski definition) is 2. The van der Waals surface area contributed by atoms with Gasteiger partial charge in [0.05, 0.1) is 0 Å². The highest BCUT2D eigenvalue weighted by Gasteiger charge is 2.11. The maximum atomic E-state index is 6.30. The largest absolute Gasteiger partial charge is 0.372 e. The highest BCUT2D eigenvalue weighted by Crippen LogP contribution is 2.27. The summed E-state index contributed by atoms with van der Waals surface area (Å²) in [5.41, 5.74) is 2.48. The van der Waals surface area contributed by atoms with Crippen molar-refractivity contribution in [3.8, 4) is 0 Å². The summed E-state index contributed by atoms with van der Waals surface area (Å²) >= 11 is 6.30. The Balaban J connectivity index is 2.98. The molecule has 0 aromatic heterocycles. The summed E-state index contributed by atoms with van der Waals surface area (Å²) in [6.07, 6.45) is 1.15. The first-order valence-corrected chi connectivity index (χ1v) is 6.85. The van der Waals surface area contributed by atoms with E-state index in [1.54, 1.807) is 0 Å². The van der Waals surface area contributed by atoms with Crippen molar-refractivity contribution >= 4 is 17.3 Å². The second kappa shape index (κ2) is 7.57. The Hall–Kier alpha value is -0.730. The maximum absolute atomic E-state index is 6.30. The van der Waals surface area contributed by atoms with E-state index < -0.39 is 0 Å². The minimum absolute atomic E-state index is 0.839. The predicted octanol–water partition coefficient (Wildman–Crippen LogP) is 3.69. The van der Waals surface area contributed by atoms with Gasteiger partial charge in [-0.3, -0.25) is 0 Å². The van der Waals surface area contributed by atoms with Crippen molar-refractivity contribution < 1.29 is 0 Å². The summed E-state index contributed by atoms with van der Waals surface area (Å²) < 4.78 is 0. The minimum atomic E-state index is 0.839. The first-order valence-electron chi connectivity index (χ1n) is 6.47. The number of rotatable bonds is 7. The Bertz CT molecular complexity index is 339. The lowest BCUT2D eigenvalue weighted by Crippen LogP contribution is -2.26. The van der Waals surface area contributed by atoms with Gasteiger partial charge in [0.2, 0.25) is 0 Å². The van der Waals surface area contributed by atoms with Gasteiger partial charge in [-0.1, -0.05) is 31.5 Å². The Morgan fingerprint density at radius 2 is 2.00 bits per heavy atom. The van der Waals surface area contributed by atoms with Gasteiger partial charge >= 0.3 is 0 Å². The molecule has 0 spiro atoms. The molecule has 0 heterocycles. The molecule has 1 N–H and O–H groups in total. The van der Waals surface area contributed by atoms with Gasteiger partial charge in [-0.15, -0.1) is 0 Å². The quantitative estimate of drug-likeness (QED) is 0.799. The van der Waals surface area contributed by atoms with Crippen LogP contribution in [0.1, 0.15) is 32.8 Å². The van der Waals surface area contributed by atoms with Crippen LogP contribution >= 0.6 is 11.6 Å². The van der Waals surface area contributed by atoms with Crippen LogP contribution in [0.3, 0.4) is 0 Å². The van der Waals surface area contributed by atoms with Gasteiger partial charge in [0.15, 0.2) is 0 Å². The minimum Gasteiger partial charge on any atom is -0.372 e. The van der Waals surface area contributed by atoms with Crippen molar-refractivity contribution in [1.29, 1.82) is 0 Å². The monoisotopic (exact) mass is 254 g/mol. The fourth-order valence-electron chi connectivity index (χ4n) is 1.99. The van der Waals surface area contributed by atoms with E-state index in [1.807, 2.05) is 12.1 Å². The van der Waals surface area contributed by atoms with Crippen LogP contribution < -0.4 is 10.2 Å². The van der Waals surface area contributed by atoms with Gasteiger partial charge in [0.25, 0.3) is 0 Å². The first-order chi connectivity index (χ1) is 8.24. The SMILES string of the molecule is CCCN(CC)c1cccc(Cl)c1CNCC. The first kappa shape index (κ1) is 14.3. The van der Waals surface area contributed by atoms with Crippen molar-refractivity contribution in [2.75, 3.05) is 24.5 Å². The number of hydrogen-bond donors (Lipinski definition) is 1.